The Hall–Kier alpha value is -1.08. The lowest BCUT2D eigenvalue weighted by molar-refractivity contribution is 0.547. The zero-order chi connectivity index (χ0) is 10.1. The third-order valence-electron chi connectivity index (χ3n) is 2.95. The number of hydrogen-bond donors (Lipinski definition) is 1. The summed E-state index contributed by atoms with van der Waals surface area (Å²) in [4.78, 5) is 0. The van der Waals surface area contributed by atoms with Crippen molar-refractivity contribution in [1.82, 2.24) is 0 Å². The van der Waals surface area contributed by atoms with Crippen LogP contribution in [-0.2, 0) is 0 Å². The first-order valence-corrected chi connectivity index (χ1v) is 5.17. The van der Waals surface area contributed by atoms with Crippen molar-refractivity contribution in [1.29, 1.82) is 0 Å². The summed E-state index contributed by atoms with van der Waals surface area (Å²) in [6.07, 6.45) is 4.43. The van der Waals surface area contributed by atoms with E-state index in [1.807, 2.05) is 0 Å². The molecular weight excluding hydrogens is 170 g/mol. The minimum atomic E-state index is 0.410. The summed E-state index contributed by atoms with van der Waals surface area (Å²) in [5, 5.41) is 0. The SMILES string of the molecule is Cc1ccc(C=C2CC(N)C2)cc1C. The highest BCUT2D eigenvalue weighted by atomic mass is 14.7. The fourth-order valence-corrected chi connectivity index (χ4v) is 1.82. The summed E-state index contributed by atoms with van der Waals surface area (Å²) in [5.41, 5.74) is 11.3. The minimum absolute atomic E-state index is 0.410. The molecule has 0 unspecified atom stereocenters. The standard InChI is InChI=1S/C13H17N/c1-9-3-4-11(5-10(9)2)6-12-7-13(14)8-12/h3-6,13H,7-8,14H2,1-2H3. The molecule has 0 spiro atoms. The second-order valence-electron chi connectivity index (χ2n) is 4.31. The molecule has 1 fully saturated rings. The summed E-state index contributed by atoms with van der Waals surface area (Å²) in [6, 6.07) is 7.01. The number of aryl methyl sites for hydroxylation is 2. The molecule has 1 nitrogen and oxygen atoms in total. The van der Waals surface area contributed by atoms with Crippen molar-refractivity contribution in [2.45, 2.75) is 32.7 Å². The number of hydrogen-bond acceptors (Lipinski definition) is 1. The molecule has 1 aromatic rings. The van der Waals surface area contributed by atoms with Gasteiger partial charge in [0, 0.05) is 6.04 Å². The molecule has 0 heterocycles. The maximum absolute atomic E-state index is 5.74. The van der Waals surface area contributed by atoms with Crippen LogP contribution in [0.1, 0.15) is 29.5 Å². The Morgan fingerprint density at radius 2 is 1.93 bits per heavy atom. The summed E-state index contributed by atoms with van der Waals surface area (Å²) in [5.74, 6) is 0. The Kier molecular flexibility index (Phi) is 2.42. The smallest absolute Gasteiger partial charge is 0.0114 e. The van der Waals surface area contributed by atoms with E-state index >= 15 is 0 Å². The molecule has 0 amide bonds. The van der Waals surface area contributed by atoms with Crippen LogP contribution in [0.2, 0.25) is 0 Å². The largest absolute Gasteiger partial charge is 0.327 e. The van der Waals surface area contributed by atoms with E-state index in [1.54, 1.807) is 0 Å². The van der Waals surface area contributed by atoms with E-state index in [0.29, 0.717) is 6.04 Å². The van der Waals surface area contributed by atoms with Crippen LogP contribution in [0.3, 0.4) is 0 Å². The number of rotatable bonds is 1. The molecule has 1 aliphatic carbocycles. The highest BCUT2D eigenvalue weighted by Crippen LogP contribution is 2.27. The lowest BCUT2D eigenvalue weighted by atomic mass is 9.86. The normalized spacial score (nSPS) is 20.5. The van der Waals surface area contributed by atoms with Gasteiger partial charge in [-0.15, -0.1) is 0 Å². The van der Waals surface area contributed by atoms with E-state index in [9.17, 15) is 0 Å². The fourth-order valence-electron chi connectivity index (χ4n) is 1.82. The van der Waals surface area contributed by atoms with E-state index in [1.165, 1.54) is 22.3 Å². The third-order valence-corrected chi connectivity index (χ3v) is 2.95. The van der Waals surface area contributed by atoms with E-state index in [4.69, 9.17) is 5.73 Å². The Morgan fingerprint density at radius 3 is 2.50 bits per heavy atom. The molecule has 0 bridgehead atoms. The molecular formula is C13H17N. The zero-order valence-electron chi connectivity index (χ0n) is 8.88. The van der Waals surface area contributed by atoms with E-state index in [-0.39, 0.29) is 0 Å². The second-order valence-corrected chi connectivity index (χ2v) is 4.31. The van der Waals surface area contributed by atoms with Crippen LogP contribution < -0.4 is 5.73 Å². The minimum Gasteiger partial charge on any atom is -0.327 e. The molecule has 0 atom stereocenters. The van der Waals surface area contributed by atoms with Gasteiger partial charge in [-0.25, -0.2) is 0 Å². The third kappa shape index (κ3) is 1.88. The molecule has 0 saturated heterocycles. The van der Waals surface area contributed by atoms with Crippen molar-refractivity contribution in [3.63, 3.8) is 0 Å². The topological polar surface area (TPSA) is 26.0 Å². The van der Waals surface area contributed by atoms with Gasteiger partial charge >= 0.3 is 0 Å². The summed E-state index contributed by atoms with van der Waals surface area (Å²) in [6.45, 7) is 4.30. The van der Waals surface area contributed by atoms with E-state index in [2.05, 4.69) is 38.1 Å². The fraction of sp³-hybridized carbons (Fsp3) is 0.385. The lowest BCUT2D eigenvalue weighted by Crippen LogP contribution is -2.29. The molecule has 0 aromatic heterocycles. The molecule has 2 N–H and O–H groups in total. The maximum Gasteiger partial charge on any atom is 0.0114 e. The first kappa shape index (κ1) is 9.47. The maximum atomic E-state index is 5.74. The molecule has 1 saturated carbocycles. The van der Waals surface area contributed by atoms with Crippen molar-refractivity contribution in [2.75, 3.05) is 0 Å². The highest BCUT2D eigenvalue weighted by Gasteiger charge is 2.18. The average molecular weight is 187 g/mol. The van der Waals surface area contributed by atoms with Crippen LogP contribution in [0, 0.1) is 13.8 Å². The van der Waals surface area contributed by atoms with Gasteiger partial charge in [0.15, 0.2) is 0 Å². The average Bonchev–Trinajstić information content (AvgIpc) is 2.09. The molecule has 14 heavy (non-hydrogen) atoms. The Bertz CT molecular complexity index is 369. The van der Waals surface area contributed by atoms with Crippen molar-refractivity contribution in [3.8, 4) is 0 Å². The zero-order valence-corrected chi connectivity index (χ0v) is 8.88. The molecule has 0 radical (unpaired) electrons. The predicted octanol–water partition coefficient (Wildman–Crippen LogP) is 2.81. The van der Waals surface area contributed by atoms with Crippen molar-refractivity contribution in [2.24, 2.45) is 5.73 Å². The first-order chi connectivity index (χ1) is 6.65. The lowest BCUT2D eigenvalue weighted by Gasteiger charge is -2.25. The molecule has 0 aliphatic heterocycles. The van der Waals surface area contributed by atoms with Crippen LogP contribution in [-0.4, -0.2) is 6.04 Å². The molecule has 2 rings (SSSR count). The monoisotopic (exact) mass is 187 g/mol. The molecule has 1 aliphatic rings. The van der Waals surface area contributed by atoms with Crippen molar-refractivity contribution >= 4 is 6.08 Å². The van der Waals surface area contributed by atoms with Crippen LogP contribution in [0.25, 0.3) is 6.08 Å². The highest BCUT2D eigenvalue weighted by molar-refractivity contribution is 5.56. The summed E-state index contributed by atoms with van der Waals surface area (Å²) >= 11 is 0. The van der Waals surface area contributed by atoms with Gasteiger partial charge in [0.1, 0.15) is 0 Å². The van der Waals surface area contributed by atoms with Crippen molar-refractivity contribution < 1.29 is 0 Å². The predicted molar refractivity (Wildman–Crippen MR) is 61.1 cm³/mol. The number of nitrogens with two attached hydrogens (primary N) is 1. The van der Waals surface area contributed by atoms with Crippen LogP contribution in [0.5, 0.6) is 0 Å². The number of benzene rings is 1. The van der Waals surface area contributed by atoms with Crippen molar-refractivity contribution in [3.05, 3.63) is 40.5 Å². The van der Waals surface area contributed by atoms with Gasteiger partial charge in [-0.05, 0) is 43.4 Å². The van der Waals surface area contributed by atoms with E-state index in [0.717, 1.165) is 12.8 Å². The molecule has 1 aromatic carbocycles. The molecule has 1 heteroatoms. The van der Waals surface area contributed by atoms with Gasteiger partial charge in [-0.2, -0.15) is 0 Å². The van der Waals surface area contributed by atoms with Crippen LogP contribution in [0.4, 0.5) is 0 Å². The van der Waals surface area contributed by atoms with Gasteiger partial charge in [-0.1, -0.05) is 29.8 Å². The first-order valence-electron chi connectivity index (χ1n) is 5.17. The van der Waals surface area contributed by atoms with Crippen LogP contribution >= 0.6 is 0 Å². The Balaban J connectivity index is 2.18. The van der Waals surface area contributed by atoms with Gasteiger partial charge in [-0.3, -0.25) is 0 Å². The van der Waals surface area contributed by atoms with Crippen LogP contribution in [0.15, 0.2) is 23.8 Å². The summed E-state index contributed by atoms with van der Waals surface area (Å²) in [7, 11) is 0. The van der Waals surface area contributed by atoms with Gasteiger partial charge in [0.25, 0.3) is 0 Å². The Labute approximate surface area is 85.6 Å². The summed E-state index contributed by atoms with van der Waals surface area (Å²) < 4.78 is 0. The Morgan fingerprint density at radius 1 is 1.21 bits per heavy atom. The van der Waals surface area contributed by atoms with Gasteiger partial charge in [0.2, 0.25) is 0 Å². The van der Waals surface area contributed by atoms with Gasteiger partial charge in [0.05, 0.1) is 0 Å². The van der Waals surface area contributed by atoms with Gasteiger partial charge < -0.3 is 5.73 Å². The quantitative estimate of drug-likeness (QED) is 0.718. The molecule has 74 valence electrons. The second kappa shape index (κ2) is 3.58. The van der Waals surface area contributed by atoms with E-state index < -0.39 is 0 Å².